The lowest BCUT2D eigenvalue weighted by atomic mass is 10.3. The Morgan fingerprint density at radius 3 is 2.45 bits per heavy atom. The van der Waals surface area contributed by atoms with Gasteiger partial charge in [-0.3, -0.25) is 4.79 Å². The lowest BCUT2D eigenvalue weighted by Gasteiger charge is -2.09. The number of carbonyl (C=O) groups is 2. The predicted octanol–water partition coefficient (Wildman–Crippen LogP) is -0.218. The van der Waals surface area contributed by atoms with Crippen LogP contribution in [0.5, 0.6) is 0 Å². The van der Waals surface area contributed by atoms with Gasteiger partial charge < -0.3 is 15.0 Å². The molecule has 0 radical (unpaired) electrons. The van der Waals surface area contributed by atoms with Gasteiger partial charge in [0.15, 0.2) is 0 Å². The SMILES string of the molecule is CC(=O)N[C@@H](CSO)C(=O)O. The first-order chi connectivity index (χ1) is 5.07. The van der Waals surface area contributed by atoms with Gasteiger partial charge in [0.05, 0.1) is 5.75 Å². The second kappa shape index (κ2) is 4.97. The Morgan fingerprint density at radius 1 is 1.64 bits per heavy atom. The largest absolute Gasteiger partial charge is 0.480 e. The van der Waals surface area contributed by atoms with Crippen LogP contribution in [0.1, 0.15) is 6.92 Å². The standard InChI is InChI=1S/C5H9NO4S/c1-3(7)6-4(2-11-10)5(8)9/h4,10H,2H2,1H3,(H,6,7)(H,8,9)/t4-/m0/s1. The molecule has 0 rings (SSSR count). The maximum absolute atomic E-state index is 10.4. The third-order valence-corrected chi connectivity index (χ3v) is 1.40. The van der Waals surface area contributed by atoms with Crippen molar-refractivity contribution >= 4 is 23.9 Å². The molecule has 0 heterocycles. The molecule has 1 atom stereocenters. The molecule has 0 aliphatic carbocycles. The van der Waals surface area contributed by atoms with E-state index in [1.54, 1.807) is 0 Å². The molecule has 0 spiro atoms. The molecule has 11 heavy (non-hydrogen) atoms. The predicted molar refractivity (Wildman–Crippen MR) is 40.3 cm³/mol. The Balaban J connectivity index is 3.89. The molecule has 0 aliphatic rings. The first-order valence-electron chi connectivity index (χ1n) is 2.84. The van der Waals surface area contributed by atoms with E-state index in [1.165, 1.54) is 6.92 Å². The summed E-state index contributed by atoms with van der Waals surface area (Å²) in [5.41, 5.74) is 0. The molecule has 6 heteroatoms. The minimum absolute atomic E-state index is 0.0467. The van der Waals surface area contributed by atoms with E-state index in [9.17, 15) is 9.59 Å². The first kappa shape index (κ1) is 10.2. The summed E-state index contributed by atoms with van der Waals surface area (Å²) in [4.78, 5) is 20.7. The van der Waals surface area contributed by atoms with Crippen LogP contribution in [-0.2, 0) is 9.59 Å². The van der Waals surface area contributed by atoms with Crippen LogP contribution < -0.4 is 5.32 Å². The van der Waals surface area contributed by atoms with Crippen molar-refractivity contribution in [3.05, 3.63) is 0 Å². The summed E-state index contributed by atoms with van der Waals surface area (Å²) in [5, 5.41) is 10.6. The molecule has 0 aromatic heterocycles. The Morgan fingerprint density at radius 2 is 2.18 bits per heavy atom. The number of amides is 1. The topological polar surface area (TPSA) is 86.6 Å². The van der Waals surface area contributed by atoms with E-state index in [2.05, 4.69) is 5.32 Å². The lowest BCUT2D eigenvalue weighted by Crippen LogP contribution is -2.41. The fourth-order valence-corrected chi connectivity index (χ4v) is 0.870. The van der Waals surface area contributed by atoms with Gasteiger partial charge in [0.1, 0.15) is 6.04 Å². The molecule has 0 saturated carbocycles. The Hall–Kier alpha value is -0.750. The molecule has 0 aromatic rings. The molecular weight excluding hydrogens is 170 g/mol. The van der Waals surface area contributed by atoms with E-state index in [0.29, 0.717) is 12.0 Å². The van der Waals surface area contributed by atoms with Crippen molar-refractivity contribution < 1.29 is 19.2 Å². The minimum atomic E-state index is -1.15. The van der Waals surface area contributed by atoms with Gasteiger partial charge in [0.2, 0.25) is 5.91 Å². The molecule has 1 amide bonds. The lowest BCUT2D eigenvalue weighted by molar-refractivity contribution is -0.140. The molecule has 0 unspecified atom stereocenters. The molecule has 3 N–H and O–H groups in total. The van der Waals surface area contributed by atoms with Crippen molar-refractivity contribution in [3.8, 4) is 0 Å². The summed E-state index contributed by atoms with van der Waals surface area (Å²) in [6.07, 6.45) is 0. The third-order valence-electron chi connectivity index (χ3n) is 0.917. The summed E-state index contributed by atoms with van der Waals surface area (Å²) < 4.78 is 8.30. The highest BCUT2D eigenvalue weighted by atomic mass is 32.2. The van der Waals surface area contributed by atoms with E-state index in [1.807, 2.05) is 0 Å². The normalized spacial score (nSPS) is 12.2. The van der Waals surface area contributed by atoms with Gasteiger partial charge in [-0.25, -0.2) is 4.79 Å². The van der Waals surface area contributed by atoms with Crippen molar-refractivity contribution in [3.63, 3.8) is 0 Å². The summed E-state index contributed by atoms with van der Waals surface area (Å²) in [5.74, 6) is -1.62. The second-order valence-electron chi connectivity index (χ2n) is 1.89. The van der Waals surface area contributed by atoms with Gasteiger partial charge in [-0.05, 0) is 12.0 Å². The molecule has 0 fully saturated rings. The first-order valence-corrected chi connectivity index (χ1v) is 3.78. The van der Waals surface area contributed by atoms with Crippen molar-refractivity contribution in [2.24, 2.45) is 0 Å². The monoisotopic (exact) mass is 179 g/mol. The average Bonchev–Trinajstić information content (AvgIpc) is 1.86. The quantitative estimate of drug-likeness (QED) is 0.519. The zero-order valence-corrected chi connectivity index (χ0v) is 6.72. The summed E-state index contributed by atoms with van der Waals surface area (Å²) in [7, 11) is 0. The Kier molecular flexibility index (Phi) is 4.64. The Bertz CT molecular complexity index is 161. The second-order valence-corrected chi connectivity index (χ2v) is 2.48. The highest BCUT2D eigenvalue weighted by Gasteiger charge is 2.17. The van der Waals surface area contributed by atoms with E-state index < -0.39 is 17.9 Å². The number of nitrogens with one attached hydrogen (secondary N) is 1. The van der Waals surface area contributed by atoms with Crippen LogP contribution in [0, 0.1) is 0 Å². The maximum atomic E-state index is 10.4. The maximum Gasteiger partial charge on any atom is 0.327 e. The van der Waals surface area contributed by atoms with Crippen LogP contribution in [0.4, 0.5) is 0 Å². The fraction of sp³-hybridized carbons (Fsp3) is 0.600. The van der Waals surface area contributed by atoms with Crippen LogP contribution in [0.25, 0.3) is 0 Å². The van der Waals surface area contributed by atoms with Crippen molar-refractivity contribution in [1.29, 1.82) is 0 Å². The molecular formula is C5H9NO4S. The summed E-state index contributed by atoms with van der Waals surface area (Å²) >= 11 is 0.384. The molecule has 0 bridgehead atoms. The van der Waals surface area contributed by atoms with E-state index in [4.69, 9.17) is 9.66 Å². The van der Waals surface area contributed by atoms with E-state index in [0.717, 1.165) is 0 Å². The number of carbonyl (C=O) groups excluding carboxylic acids is 1. The van der Waals surface area contributed by atoms with Crippen LogP contribution in [0.3, 0.4) is 0 Å². The van der Waals surface area contributed by atoms with Gasteiger partial charge in [-0.1, -0.05) is 0 Å². The van der Waals surface area contributed by atoms with E-state index in [-0.39, 0.29) is 5.75 Å². The highest BCUT2D eigenvalue weighted by Crippen LogP contribution is 1.96. The highest BCUT2D eigenvalue weighted by molar-refractivity contribution is 7.93. The zero-order valence-electron chi connectivity index (χ0n) is 5.90. The van der Waals surface area contributed by atoms with Crippen molar-refractivity contribution in [1.82, 2.24) is 5.32 Å². The number of hydrogen-bond acceptors (Lipinski definition) is 4. The number of aliphatic carboxylic acids is 1. The average molecular weight is 179 g/mol. The van der Waals surface area contributed by atoms with Crippen LogP contribution in [0.15, 0.2) is 0 Å². The molecule has 5 nitrogen and oxygen atoms in total. The van der Waals surface area contributed by atoms with Gasteiger partial charge >= 0.3 is 5.97 Å². The number of carboxylic acids is 1. The number of rotatable bonds is 4. The summed E-state index contributed by atoms with van der Waals surface area (Å²) in [6, 6.07) is -1.01. The molecule has 0 aromatic carbocycles. The molecule has 0 saturated heterocycles. The van der Waals surface area contributed by atoms with Crippen molar-refractivity contribution in [2.45, 2.75) is 13.0 Å². The van der Waals surface area contributed by atoms with Crippen LogP contribution >= 0.6 is 12.0 Å². The van der Waals surface area contributed by atoms with Gasteiger partial charge in [0, 0.05) is 6.92 Å². The van der Waals surface area contributed by atoms with Gasteiger partial charge in [0.25, 0.3) is 0 Å². The van der Waals surface area contributed by atoms with Crippen LogP contribution in [0.2, 0.25) is 0 Å². The van der Waals surface area contributed by atoms with Crippen molar-refractivity contribution in [2.75, 3.05) is 5.75 Å². The smallest absolute Gasteiger partial charge is 0.327 e. The number of hydrogen-bond donors (Lipinski definition) is 3. The number of carboxylic acid groups (broad SMARTS) is 1. The molecule has 0 aliphatic heterocycles. The Labute approximate surface area is 68.0 Å². The van der Waals surface area contributed by atoms with E-state index >= 15 is 0 Å². The zero-order chi connectivity index (χ0) is 8.85. The minimum Gasteiger partial charge on any atom is -0.480 e. The molecule has 64 valence electrons. The fourth-order valence-electron chi connectivity index (χ4n) is 0.495. The van der Waals surface area contributed by atoms with Gasteiger partial charge in [-0.15, -0.1) is 0 Å². The third kappa shape index (κ3) is 4.63. The summed E-state index contributed by atoms with van der Waals surface area (Å²) in [6.45, 7) is 1.22. The van der Waals surface area contributed by atoms with Crippen LogP contribution in [-0.4, -0.2) is 33.3 Å². The van der Waals surface area contributed by atoms with Gasteiger partial charge in [-0.2, -0.15) is 0 Å².